The number of carbonyl (C=O) groups excluding carboxylic acids is 1. The molecule has 1 heterocycles. The zero-order chi connectivity index (χ0) is 10.4. The van der Waals surface area contributed by atoms with Crippen molar-refractivity contribution in [3.63, 3.8) is 0 Å². The van der Waals surface area contributed by atoms with Crippen molar-refractivity contribution >= 4 is 66.1 Å². The van der Waals surface area contributed by atoms with Crippen LogP contribution in [0.2, 0.25) is 0 Å². The zero-order valence-corrected chi connectivity index (χ0v) is 11.6. The SMILES string of the molecule is Cl.Cl.Cl.NC(=O)c1cc2c3c(nccc3c1)C=C2. The predicted molar refractivity (Wildman–Crippen MR) is 80.9 cm³/mol. The van der Waals surface area contributed by atoms with Gasteiger partial charge in [-0.3, -0.25) is 9.78 Å². The molecule has 0 atom stereocenters. The van der Waals surface area contributed by atoms with E-state index in [9.17, 15) is 4.79 Å². The summed E-state index contributed by atoms with van der Waals surface area (Å²) in [4.78, 5) is 15.4. The van der Waals surface area contributed by atoms with E-state index in [2.05, 4.69) is 4.98 Å². The van der Waals surface area contributed by atoms with Crippen LogP contribution in [0.4, 0.5) is 0 Å². The molecule has 3 rings (SSSR count). The molecule has 0 fully saturated rings. The van der Waals surface area contributed by atoms with Gasteiger partial charge in [0.05, 0.1) is 5.69 Å². The van der Waals surface area contributed by atoms with E-state index in [4.69, 9.17) is 5.73 Å². The molecular formula is C12H11Cl3N2O. The maximum absolute atomic E-state index is 11.1. The van der Waals surface area contributed by atoms with Crippen LogP contribution in [0.15, 0.2) is 24.4 Å². The highest BCUT2D eigenvalue weighted by molar-refractivity contribution is 6.07. The number of nitrogens with zero attached hydrogens (tertiary/aromatic N) is 1. The van der Waals surface area contributed by atoms with E-state index in [1.807, 2.05) is 18.2 Å². The first-order valence-electron chi connectivity index (χ1n) is 4.66. The Morgan fingerprint density at radius 2 is 1.83 bits per heavy atom. The van der Waals surface area contributed by atoms with Gasteiger partial charge in [0.15, 0.2) is 0 Å². The smallest absolute Gasteiger partial charge is 0.248 e. The lowest BCUT2D eigenvalue weighted by molar-refractivity contribution is 0.100. The molecule has 0 saturated carbocycles. The van der Waals surface area contributed by atoms with Gasteiger partial charge in [-0.25, -0.2) is 0 Å². The molecule has 0 spiro atoms. The Hall–Kier alpha value is -1.29. The van der Waals surface area contributed by atoms with Crippen LogP contribution in [-0.2, 0) is 0 Å². The number of pyridine rings is 1. The number of rotatable bonds is 1. The van der Waals surface area contributed by atoms with Crippen molar-refractivity contribution < 1.29 is 4.79 Å². The van der Waals surface area contributed by atoms with Gasteiger partial charge >= 0.3 is 0 Å². The number of primary amides is 1. The Morgan fingerprint density at radius 3 is 2.50 bits per heavy atom. The zero-order valence-electron chi connectivity index (χ0n) is 9.12. The summed E-state index contributed by atoms with van der Waals surface area (Å²) in [6.45, 7) is 0. The topological polar surface area (TPSA) is 56.0 Å². The van der Waals surface area contributed by atoms with Crippen LogP contribution >= 0.6 is 37.2 Å². The lowest BCUT2D eigenvalue weighted by Crippen LogP contribution is -2.10. The molecule has 0 aliphatic heterocycles. The number of carbonyl (C=O) groups is 1. The van der Waals surface area contributed by atoms with Gasteiger partial charge in [0.2, 0.25) is 5.91 Å². The summed E-state index contributed by atoms with van der Waals surface area (Å²) >= 11 is 0. The van der Waals surface area contributed by atoms with Crippen LogP contribution in [0.5, 0.6) is 0 Å². The normalized spacial score (nSPS) is 10.2. The summed E-state index contributed by atoms with van der Waals surface area (Å²) in [7, 11) is 0. The largest absolute Gasteiger partial charge is 0.366 e. The third kappa shape index (κ3) is 2.43. The predicted octanol–water partition coefficient (Wildman–Crippen LogP) is 3.08. The second kappa shape index (κ2) is 6.05. The van der Waals surface area contributed by atoms with Crippen molar-refractivity contribution in [2.24, 2.45) is 5.73 Å². The van der Waals surface area contributed by atoms with E-state index in [1.165, 1.54) is 0 Å². The molecular weight excluding hydrogens is 295 g/mol. The molecule has 1 aromatic heterocycles. The van der Waals surface area contributed by atoms with Crippen molar-refractivity contribution in [3.8, 4) is 0 Å². The first-order valence-corrected chi connectivity index (χ1v) is 4.66. The first kappa shape index (κ1) is 16.7. The van der Waals surface area contributed by atoms with Crippen LogP contribution in [0, 0.1) is 0 Å². The van der Waals surface area contributed by atoms with Crippen molar-refractivity contribution in [1.29, 1.82) is 0 Å². The van der Waals surface area contributed by atoms with Crippen molar-refractivity contribution in [3.05, 3.63) is 41.2 Å². The molecule has 3 nitrogen and oxygen atoms in total. The van der Waals surface area contributed by atoms with Gasteiger partial charge in [0.25, 0.3) is 0 Å². The number of hydrogen-bond acceptors (Lipinski definition) is 2. The van der Waals surface area contributed by atoms with E-state index in [1.54, 1.807) is 18.3 Å². The Balaban J connectivity index is 0.000000963. The number of nitrogens with two attached hydrogens (primary N) is 1. The van der Waals surface area contributed by atoms with Gasteiger partial charge in [0.1, 0.15) is 0 Å². The number of hydrogen-bond donors (Lipinski definition) is 1. The number of aromatic nitrogens is 1. The fourth-order valence-electron chi connectivity index (χ4n) is 1.95. The van der Waals surface area contributed by atoms with Crippen LogP contribution < -0.4 is 5.73 Å². The average molecular weight is 306 g/mol. The van der Waals surface area contributed by atoms with Crippen LogP contribution in [0.25, 0.3) is 22.9 Å². The van der Waals surface area contributed by atoms with Gasteiger partial charge in [-0.15, -0.1) is 37.2 Å². The molecule has 1 aromatic carbocycles. The molecule has 2 aromatic rings. The lowest BCUT2D eigenvalue weighted by atomic mass is 10.0. The molecule has 1 amide bonds. The second-order valence-electron chi connectivity index (χ2n) is 3.56. The molecule has 0 radical (unpaired) electrons. The van der Waals surface area contributed by atoms with Crippen molar-refractivity contribution in [2.45, 2.75) is 0 Å². The number of halogens is 3. The van der Waals surface area contributed by atoms with E-state index in [0.717, 1.165) is 22.0 Å². The van der Waals surface area contributed by atoms with Crippen molar-refractivity contribution in [1.82, 2.24) is 4.98 Å². The maximum Gasteiger partial charge on any atom is 0.248 e. The Bertz CT molecular complexity index is 626. The molecule has 0 bridgehead atoms. The summed E-state index contributed by atoms with van der Waals surface area (Å²) in [5.74, 6) is -0.396. The molecule has 0 saturated heterocycles. The monoisotopic (exact) mass is 304 g/mol. The summed E-state index contributed by atoms with van der Waals surface area (Å²) < 4.78 is 0. The minimum absolute atomic E-state index is 0. The number of amides is 1. The number of benzene rings is 1. The summed E-state index contributed by atoms with van der Waals surface area (Å²) in [5, 5.41) is 2.11. The molecule has 6 heteroatoms. The van der Waals surface area contributed by atoms with Crippen LogP contribution in [-0.4, -0.2) is 10.9 Å². The fraction of sp³-hybridized carbons (Fsp3) is 0. The van der Waals surface area contributed by atoms with Crippen LogP contribution in [0.1, 0.15) is 21.6 Å². The minimum atomic E-state index is -0.396. The second-order valence-corrected chi connectivity index (χ2v) is 3.56. The van der Waals surface area contributed by atoms with Gasteiger partial charge in [-0.1, -0.05) is 6.08 Å². The third-order valence-electron chi connectivity index (χ3n) is 2.63. The third-order valence-corrected chi connectivity index (χ3v) is 2.63. The molecule has 96 valence electrons. The standard InChI is InChI=1S/C12H8N2O.3ClH/c13-12(15)9-5-7-1-2-10-11(7)8(6-9)3-4-14-10;;;/h1-6H,(H2,13,15);3*1H. The quantitative estimate of drug-likeness (QED) is 0.751. The van der Waals surface area contributed by atoms with E-state index in [-0.39, 0.29) is 37.2 Å². The Morgan fingerprint density at radius 1 is 1.11 bits per heavy atom. The first-order chi connectivity index (χ1) is 7.25. The highest BCUT2D eigenvalue weighted by Gasteiger charge is 2.12. The molecule has 18 heavy (non-hydrogen) atoms. The molecule has 0 unspecified atom stereocenters. The Kier molecular flexibility index (Phi) is 5.61. The van der Waals surface area contributed by atoms with Crippen LogP contribution in [0.3, 0.4) is 0 Å². The maximum atomic E-state index is 11.1. The molecule has 1 aliphatic carbocycles. The van der Waals surface area contributed by atoms with E-state index >= 15 is 0 Å². The molecule has 1 aliphatic rings. The highest BCUT2D eigenvalue weighted by Crippen LogP contribution is 2.30. The van der Waals surface area contributed by atoms with Gasteiger partial charge in [-0.05, 0) is 35.2 Å². The summed E-state index contributed by atoms with van der Waals surface area (Å²) in [5.41, 5.74) is 7.78. The fourth-order valence-corrected chi connectivity index (χ4v) is 1.95. The Labute approximate surface area is 123 Å². The average Bonchev–Trinajstić information content (AvgIpc) is 2.64. The summed E-state index contributed by atoms with van der Waals surface area (Å²) in [6.07, 6.45) is 5.64. The van der Waals surface area contributed by atoms with Gasteiger partial charge in [-0.2, -0.15) is 0 Å². The van der Waals surface area contributed by atoms with E-state index < -0.39 is 5.91 Å². The van der Waals surface area contributed by atoms with Gasteiger partial charge < -0.3 is 5.73 Å². The van der Waals surface area contributed by atoms with Gasteiger partial charge in [0, 0.05) is 17.1 Å². The van der Waals surface area contributed by atoms with E-state index in [0.29, 0.717) is 5.56 Å². The molecule has 2 N–H and O–H groups in total. The van der Waals surface area contributed by atoms with Crippen molar-refractivity contribution in [2.75, 3.05) is 0 Å². The lowest BCUT2D eigenvalue weighted by Gasteiger charge is -2.03. The summed E-state index contributed by atoms with van der Waals surface area (Å²) in [6, 6.07) is 5.50. The minimum Gasteiger partial charge on any atom is -0.366 e. The highest BCUT2D eigenvalue weighted by atomic mass is 35.5.